The monoisotopic (exact) mass is 262 g/mol. The Kier molecular flexibility index (Phi) is 4.77. The standard InChI is InChI=1S/C15H22N2O2/c1-2-4-13-9-12(15(18)19)10-14(17-13)16-8-7-11-5-3-6-11/h9-11H,2-8H2,1H3,(H,16,17)(H,18,19). The number of hydrogen-bond donors (Lipinski definition) is 2. The molecule has 4 nitrogen and oxygen atoms in total. The maximum absolute atomic E-state index is 11.1. The van der Waals surface area contributed by atoms with Crippen molar-refractivity contribution in [2.75, 3.05) is 11.9 Å². The lowest BCUT2D eigenvalue weighted by atomic mass is 9.83. The Morgan fingerprint density at radius 2 is 2.26 bits per heavy atom. The highest BCUT2D eigenvalue weighted by Crippen LogP contribution is 2.29. The number of carbonyl (C=O) groups is 1. The molecule has 2 rings (SSSR count). The quantitative estimate of drug-likeness (QED) is 0.791. The second kappa shape index (κ2) is 6.55. The van der Waals surface area contributed by atoms with Gasteiger partial charge in [-0.1, -0.05) is 32.6 Å². The Morgan fingerprint density at radius 3 is 2.84 bits per heavy atom. The normalized spacial score (nSPS) is 15.0. The molecule has 1 heterocycles. The van der Waals surface area contributed by atoms with E-state index in [1.807, 2.05) is 0 Å². The van der Waals surface area contributed by atoms with Crippen LogP contribution in [0.2, 0.25) is 0 Å². The minimum atomic E-state index is -0.887. The van der Waals surface area contributed by atoms with Gasteiger partial charge < -0.3 is 10.4 Å². The molecule has 1 aromatic heterocycles. The van der Waals surface area contributed by atoms with E-state index in [1.54, 1.807) is 12.1 Å². The smallest absolute Gasteiger partial charge is 0.335 e. The topological polar surface area (TPSA) is 62.2 Å². The van der Waals surface area contributed by atoms with Crippen molar-refractivity contribution in [2.45, 2.75) is 45.4 Å². The van der Waals surface area contributed by atoms with Gasteiger partial charge >= 0.3 is 5.97 Å². The summed E-state index contributed by atoms with van der Waals surface area (Å²) in [6, 6.07) is 3.30. The minimum Gasteiger partial charge on any atom is -0.478 e. The van der Waals surface area contributed by atoms with Crippen molar-refractivity contribution in [1.82, 2.24) is 4.98 Å². The summed E-state index contributed by atoms with van der Waals surface area (Å²) in [5, 5.41) is 12.4. The molecule has 19 heavy (non-hydrogen) atoms. The molecule has 2 N–H and O–H groups in total. The van der Waals surface area contributed by atoms with Crippen molar-refractivity contribution in [3.05, 3.63) is 23.4 Å². The van der Waals surface area contributed by atoms with Crippen LogP contribution in [-0.2, 0) is 6.42 Å². The number of anilines is 1. The number of rotatable bonds is 7. The van der Waals surface area contributed by atoms with E-state index in [0.29, 0.717) is 11.4 Å². The van der Waals surface area contributed by atoms with Crippen molar-refractivity contribution in [3.8, 4) is 0 Å². The Bertz CT molecular complexity index is 442. The molecule has 1 aromatic rings. The fraction of sp³-hybridized carbons (Fsp3) is 0.600. The van der Waals surface area contributed by atoms with Gasteiger partial charge in [0.25, 0.3) is 0 Å². The molecular weight excluding hydrogens is 240 g/mol. The second-order valence-electron chi connectivity index (χ2n) is 5.30. The number of nitrogens with one attached hydrogen (secondary N) is 1. The predicted octanol–water partition coefficient (Wildman–Crippen LogP) is 3.33. The number of aryl methyl sites for hydroxylation is 1. The molecule has 4 heteroatoms. The van der Waals surface area contributed by atoms with Crippen LogP contribution in [0.3, 0.4) is 0 Å². The minimum absolute atomic E-state index is 0.324. The third-order valence-corrected chi connectivity index (χ3v) is 3.71. The maximum Gasteiger partial charge on any atom is 0.335 e. The zero-order valence-electron chi connectivity index (χ0n) is 11.5. The summed E-state index contributed by atoms with van der Waals surface area (Å²) in [6.07, 6.45) is 6.98. The van der Waals surface area contributed by atoms with Crippen molar-refractivity contribution >= 4 is 11.8 Å². The Balaban J connectivity index is 1.98. The molecule has 0 spiro atoms. The van der Waals surface area contributed by atoms with Gasteiger partial charge in [0.05, 0.1) is 5.56 Å². The second-order valence-corrected chi connectivity index (χ2v) is 5.30. The van der Waals surface area contributed by atoms with Crippen LogP contribution in [0.25, 0.3) is 0 Å². The van der Waals surface area contributed by atoms with Crippen LogP contribution in [-0.4, -0.2) is 22.6 Å². The van der Waals surface area contributed by atoms with E-state index in [0.717, 1.165) is 37.4 Å². The first-order valence-corrected chi connectivity index (χ1v) is 7.17. The van der Waals surface area contributed by atoms with Crippen LogP contribution in [0.5, 0.6) is 0 Å². The summed E-state index contributed by atoms with van der Waals surface area (Å²) >= 11 is 0. The lowest BCUT2D eigenvalue weighted by Gasteiger charge is -2.25. The molecule has 1 aliphatic carbocycles. The van der Waals surface area contributed by atoms with Crippen LogP contribution in [0.1, 0.15) is 55.1 Å². The first kappa shape index (κ1) is 13.8. The molecule has 0 radical (unpaired) electrons. The fourth-order valence-electron chi connectivity index (χ4n) is 2.37. The third kappa shape index (κ3) is 3.94. The van der Waals surface area contributed by atoms with E-state index >= 15 is 0 Å². The molecular formula is C15H22N2O2. The number of pyridine rings is 1. The molecule has 1 fully saturated rings. The van der Waals surface area contributed by atoms with E-state index in [9.17, 15) is 4.79 Å². The molecule has 0 aliphatic heterocycles. The molecule has 0 saturated heterocycles. The average molecular weight is 262 g/mol. The first-order chi connectivity index (χ1) is 9.19. The van der Waals surface area contributed by atoms with Crippen LogP contribution in [0, 0.1) is 5.92 Å². The van der Waals surface area contributed by atoms with Gasteiger partial charge in [0.2, 0.25) is 0 Å². The van der Waals surface area contributed by atoms with Crippen LogP contribution < -0.4 is 5.32 Å². The van der Waals surface area contributed by atoms with E-state index in [4.69, 9.17) is 5.11 Å². The lowest BCUT2D eigenvalue weighted by molar-refractivity contribution is 0.0696. The van der Waals surface area contributed by atoms with Crippen molar-refractivity contribution < 1.29 is 9.90 Å². The molecule has 1 saturated carbocycles. The highest BCUT2D eigenvalue weighted by molar-refractivity contribution is 5.88. The number of carboxylic acid groups (broad SMARTS) is 1. The number of aromatic nitrogens is 1. The Morgan fingerprint density at radius 1 is 1.47 bits per heavy atom. The molecule has 0 atom stereocenters. The van der Waals surface area contributed by atoms with E-state index in [-0.39, 0.29) is 0 Å². The van der Waals surface area contributed by atoms with Crippen LogP contribution in [0.4, 0.5) is 5.82 Å². The SMILES string of the molecule is CCCc1cc(C(=O)O)cc(NCCC2CCC2)n1. The van der Waals surface area contributed by atoms with Gasteiger partial charge in [0, 0.05) is 12.2 Å². The van der Waals surface area contributed by atoms with E-state index in [1.165, 1.54) is 19.3 Å². The molecule has 0 amide bonds. The summed E-state index contributed by atoms with van der Waals surface area (Å²) in [4.78, 5) is 15.6. The average Bonchev–Trinajstić information content (AvgIpc) is 2.32. The number of carboxylic acids is 1. The van der Waals surface area contributed by atoms with Gasteiger partial charge in [-0.25, -0.2) is 9.78 Å². The summed E-state index contributed by atoms with van der Waals surface area (Å²) in [5.41, 5.74) is 1.18. The van der Waals surface area contributed by atoms with Gasteiger partial charge in [-0.15, -0.1) is 0 Å². The molecule has 0 aromatic carbocycles. The highest BCUT2D eigenvalue weighted by Gasteiger charge is 2.16. The summed E-state index contributed by atoms with van der Waals surface area (Å²) in [6.45, 7) is 2.95. The first-order valence-electron chi connectivity index (χ1n) is 7.17. The zero-order chi connectivity index (χ0) is 13.7. The Hall–Kier alpha value is -1.58. The largest absolute Gasteiger partial charge is 0.478 e. The van der Waals surface area contributed by atoms with Crippen molar-refractivity contribution in [1.29, 1.82) is 0 Å². The van der Waals surface area contributed by atoms with Gasteiger partial charge in [-0.05, 0) is 30.9 Å². The van der Waals surface area contributed by atoms with Gasteiger partial charge in [-0.3, -0.25) is 0 Å². The molecule has 0 unspecified atom stereocenters. The lowest BCUT2D eigenvalue weighted by Crippen LogP contribution is -2.16. The summed E-state index contributed by atoms with van der Waals surface area (Å²) in [5.74, 6) is 0.662. The molecule has 104 valence electrons. The van der Waals surface area contributed by atoms with Gasteiger partial charge in [0.1, 0.15) is 5.82 Å². The van der Waals surface area contributed by atoms with Crippen molar-refractivity contribution in [2.24, 2.45) is 5.92 Å². The number of hydrogen-bond acceptors (Lipinski definition) is 3. The van der Waals surface area contributed by atoms with Crippen LogP contribution >= 0.6 is 0 Å². The summed E-state index contributed by atoms with van der Waals surface area (Å²) < 4.78 is 0. The van der Waals surface area contributed by atoms with E-state index < -0.39 is 5.97 Å². The number of nitrogens with zero attached hydrogens (tertiary/aromatic N) is 1. The van der Waals surface area contributed by atoms with Gasteiger partial charge in [-0.2, -0.15) is 0 Å². The third-order valence-electron chi connectivity index (χ3n) is 3.71. The zero-order valence-corrected chi connectivity index (χ0v) is 11.5. The van der Waals surface area contributed by atoms with Gasteiger partial charge in [0.15, 0.2) is 0 Å². The predicted molar refractivity (Wildman–Crippen MR) is 75.6 cm³/mol. The Labute approximate surface area is 114 Å². The fourth-order valence-corrected chi connectivity index (χ4v) is 2.37. The highest BCUT2D eigenvalue weighted by atomic mass is 16.4. The number of aromatic carboxylic acids is 1. The van der Waals surface area contributed by atoms with Crippen LogP contribution in [0.15, 0.2) is 12.1 Å². The van der Waals surface area contributed by atoms with E-state index in [2.05, 4.69) is 17.2 Å². The molecule has 1 aliphatic rings. The summed E-state index contributed by atoms with van der Waals surface area (Å²) in [7, 11) is 0. The molecule has 0 bridgehead atoms. The van der Waals surface area contributed by atoms with Crippen molar-refractivity contribution in [3.63, 3.8) is 0 Å². The maximum atomic E-state index is 11.1.